The monoisotopic (exact) mass is 413 g/mol. The Balaban J connectivity index is 2.01. The topological polar surface area (TPSA) is 74.8 Å². The lowest BCUT2D eigenvalue weighted by molar-refractivity contribution is 0.413. The number of para-hydroxylation sites is 2. The molecule has 1 atom stereocenters. The second kappa shape index (κ2) is 7.19. The predicted molar refractivity (Wildman–Crippen MR) is 122 cm³/mol. The third-order valence-electron chi connectivity index (χ3n) is 5.83. The molecule has 7 nitrogen and oxygen atoms in total. The van der Waals surface area contributed by atoms with E-state index in [1.165, 1.54) is 0 Å². The quantitative estimate of drug-likeness (QED) is 0.431. The van der Waals surface area contributed by atoms with E-state index < -0.39 is 0 Å². The molecule has 3 aromatic heterocycles. The summed E-state index contributed by atoms with van der Waals surface area (Å²) in [6.45, 7) is 6.08. The van der Waals surface area contributed by atoms with Gasteiger partial charge in [0.2, 0.25) is 0 Å². The molecule has 0 amide bonds. The summed E-state index contributed by atoms with van der Waals surface area (Å²) in [5, 5.41) is 0.472. The zero-order valence-corrected chi connectivity index (χ0v) is 18.0. The third-order valence-corrected chi connectivity index (χ3v) is 5.83. The number of nitrogens with zero attached hydrogens (tertiary/aromatic N) is 5. The minimum atomic E-state index is -0.112. The first-order valence-electron chi connectivity index (χ1n) is 10.4. The lowest BCUT2D eigenvalue weighted by Gasteiger charge is -2.14. The van der Waals surface area contributed by atoms with Gasteiger partial charge in [0.15, 0.2) is 11.3 Å². The summed E-state index contributed by atoms with van der Waals surface area (Å²) >= 11 is 0. The molecule has 5 aromatic rings. The van der Waals surface area contributed by atoms with Crippen LogP contribution in [0.1, 0.15) is 31.9 Å². The standard InChI is InChI=1S/C24H23N5O2/c1-5-15(3)28-13-25-22-20(24(28)30)21-23(27-17-9-7-6-8-16(17)26-21)29(22)18-12-14(2)10-11-19(18)31-4/h6-13,15H,5H2,1-4H3. The maximum atomic E-state index is 13.6. The lowest BCUT2D eigenvalue weighted by atomic mass is 10.2. The van der Waals surface area contributed by atoms with E-state index in [1.54, 1.807) is 18.0 Å². The van der Waals surface area contributed by atoms with Crippen LogP contribution in [0.2, 0.25) is 0 Å². The Morgan fingerprint density at radius 2 is 1.81 bits per heavy atom. The molecule has 0 fully saturated rings. The van der Waals surface area contributed by atoms with Gasteiger partial charge in [0.25, 0.3) is 5.56 Å². The van der Waals surface area contributed by atoms with Gasteiger partial charge in [0.05, 0.1) is 23.8 Å². The average molecular weight is 413 g/mol. The second-order valence-corrected chi connectivity index (χ2v) is 7.81. The van der Waals surface area contributed by atoms with Crippen molar-refractivity contribution < 1.29 is 4.74 Å². The van der Waals surface area contributed by atoms with Gasteiger partial charge in [-0.2, -0.15) is 0 Å². The highest BCUT2D eigenvalue weighted by atomic mass is 16.5. The van der Waals surface area contributed by atoms with E-state index >= 15 is 0 Å². The molecule has 0 aliphatic carbocycles. The molecule has 7 heteroatoms. The number of aromatic nitrogens is 5. The van der Waals surface area contributed by atoms with Crippen molar-refractivity contribution in [1.82, 2.24) is 24.1 Å². The highest BCUT2D eigenvalue weighted by Gasteiger charge is 2.23. The normalized spacial score (nSPS) is 12.6. The van der Waals surface area contributed by atoms with E-state index in [1.807, 2.05) is 60.9 Å². The van der Waals surface area contributed by atoms with Gasteiger partial charge in [0, 0.05) is 6.04 Å². The smallest absolute Gasteiger partial charge is 0.265 e. The Labute approximate surface area is 179 Å². The Bertz CT molecular complexity index is 1520. The Kier molecular flexibility index (Phi) is 4.46. The van der Waals surface area contributed by atoms with Crippen molar-refractivity contribution in [2.45, 2.75) is 33.2 Å². The van der Waals surface area contributed by atoms with Crippen LogP contribution in [-0.2, 0) is 0 Å². The van der Waals surface area contributed by atoms with Crippen LogP contribution in [0.25, 0.3) is 38.9 Å². The highest BCUT2D eigenvalue weighted by Crippen LogP contribution is 2.33. The summed E-state index contributed by atoms with van der Waals surface area (Å²) in [6.07, 6.45) is 2.45. The zero-order valence-electron chi connectivity index (χ0n) is 18.0. The van der Waals surface area contributed by atoms with Crippen LogP contribution in [0.3, 0.4) is 0 Å². The summed E-state index contributed by atoms with van der Waals surface area (Å²) in [7, 11) is 1.63. The lowest BCUT2D eigenvalue weighted by Crippen LogP contribution is -2.23. The van der Waals surface area contributed by atoms with E-state index in [9.17, 15) is 4.79 Å². The minimum Gasteiger partial charge on any atom is -0.495 e. The fourth-order valence-electron chi connectivity index (χ4n) is 3.96. The molecule has 0 aliphatic rings. The number of ether oxygens (including phenoxy) is 1. The first-order valence-corrected chi connectivity index (χ1v) is 10.4. The van der Waals surface area contributed by atoms with Crippen LogP contribution in [0.4, 0.5) is 0 Å². The number of hydrogen-bond acceptors (Lipinski definition) is 5. The summed E-state index contributed by atoms with van der Waals surface area (Å²) in [4.78, 5) is 28.0. The van der Waals surface area contributed by atoms with Gasteiger partial charge in [-0.1, -0.05) is 25.1 Å². The molecule has 0 radical (unpaired) electrons. The molecule has 156 valence electrons. The maximum Gasteiger partial charge on any atom is 0.265 e. The average Bonchev–Trinajstić information content (AvgIpc) is 3.11. The number of benzene rings is 2. The van der Waals surface area contributed by atoms with Crippen molar-refractivity contribution in [2.24, 2.45) is 0 Å². The number of fused-ring (bicyclic) bond motifs is 4. The number of aryl methyl sites for hydroxylation is 1. The van der Waals surface area contributed by atoms with Crippen molar-refractivity contribution in [3.05, 3.63) is 64.7 Å². The summed E-state index contributed by atoms with van der Waals surface area (Å²) in [5.41, 5.74) is 4.89. The van der Waals surface area contributed by atoms with Gasteiger partial charge < -0.3 is 4.74 Å². The molecule has 0 saturated carbocycles. The minimum absolute atomic E-state index is 0.0321. The number of hydrogen-bond donors (Lipinski definition) is 0. The van der Waals surface area contributed by atoms with Crippen LogP contribution < -0.4 is 10.3 Å². The Morgan fingerprint density at radius 1 is 1.06 bits per heavy atom. The van der Waals surface area contributed by atoms with Gasteiger partial charge in [-0.15, -0.1) is 0 Å². The Hall–Kier alpha value is -3.74. The molecular weight excluding hydrogens is 390 g/mol. The predicted octanol–water partition coefficient (Wildman–Crippen LogP) is 4.57. The summed E-state index contributed by atoms with van der Waals surface area (Å²) in [5.74, 6) is 0.673. The summed E-state index contributed by atoms with van der Waals surface area (Å²) in [6, 6.07) is 13.6. The van der Waals surface area contributed by atoms with Crippen LogP contribution in [-0.4, -0.2) is 31.2 Å². The summed E-state index contributed by atoms with van der Waals surface area (Å²) < 4.78 is 9.20. The molecular formula is C24H23N5O2. The van der Waals surface area contributed by atoms with Gasteiger partial charge in [-0.05, 0) is 50.1 Å². The SMILES string of the molecule is CCC(C)n1cnc2c(c1=O)c1nc3ccccc3nc1n2-c1cc(C)ccc1OC. The molecule has 2 aromatic carbocycles. The van der Waals surface area contributed by atoms with E-state index in [-0.39, 0.29) is 11.6 Å². The Morgan fingerprint density at radius 3 is 2.52 bits per heavy atom. The fourth-order valence-corrected chi connectivity index (χ4v) is 3.96. The van der Waals surface area contributed by atoms with Crippen molar-refractivity contribution in [3.8, 4) is 11.4 Å². The van der Waals surface area contributed by atoms with Crippen LogP contribution in [0, 0.1) is 6.92 Å². The zero-order chi connectivity index (χ0) is 21.7. The number of rotatable bonds is 4. The van der Waals surface area contributed by atoms with Crippen molar-refractivity contribution in [2.75, 3.05) is 7.11 Å². The second-order valence-electron chi connectivity index (χ2n) is 7.81. The molecule has 0 spiro atoms. The molecule has 0 N–H and O–H groups in total. The van der Waals surface area contributed by atoms with Gasteiger partial charge in [0.1, 0.15) is 23.0 Å². The maximum absolute atomic E-state index is 13.6. The first-order chi connectivity index (χ1) is 15.0. The fraction of sp³-hybridized carbons (Fsp3) is 0.250. The molecule has 0 aliphatic heterocycles. The molecule has 5 rings (SSSR count). The van der Waals surface area contributed by atoms with Gasteiger partial charge in [-0.25, -0.2) is 15.0 Å². The molecule has 0 bridgehead atoms. The number of methoxy groups -OCH3 is 1. The van der Waals surface area contributed by atoms with E-state index in [0.29, 0.717) is 27.9 Å². The van der Waals surface area contributed by atoms with Gasteiger partial charge in [-0.3, -0.25) is 13.9 Å². The van der Waals surface area contributed by atoms with Gasteiger partial charge >= 0.3 is 0 Å². The van der Waals surface area contributed by atoms with Crippen molar-refractivity contribution in [3.63, 3.8) is 0 Å². The molecule has 3 heterocycles. The van der Waals surface area contributed by atoms with E-state index in [0.717, 1.165) is 28.7 Å². The van der Waals surface area contributed by atoms with Crippen molar-refractivity contribution in [1.29, 1.82) is 0 Å². The molecule has 0 saturated heterocycles. The largest absolute Gasteiger partial charge is 0.495 e. The van der Waals surface area contributed by atoms with E-state index in [2.05, 4.69) is 6.92 Å². The van der Waals surface area contributed by atoms with Crippen LogP contribution >= 0.6 is 0 Å². The van der Waals surface area contributed by atoms with Crippen molar-refractivity contribution >= 4 is 33.2 Å². The molecule has 1 unspecified atom stereocenters. The van der Waals surface area contributed by atoms with E-state index in [4.69, 9.17) is 19.7 Å². The molecule has 31 heavy (non-hydrogen) atoms. The third kappa shape index (κ3) is 2.88. The van der Waals surface area contributed by atoms with Crippen LogP contribution in [0.5, 0.6) is 5.75 Å². The first kappa shape index (κ1) is 19.2. The van der Waals surface area contributed by atoms with Crippen LogP contribution in [0.15, 0.2) is 53.6 Å². The highest BCUT2D eigenvalue weighted by molar-refractivity contribution is 6.06.